The van der Waals surface area contributed by atoms with E-state index in [0.717, 1.165) is 24.6 Å². The Morgan fingerprint density at radius 3 is 2.74 bits per heavy atom. The van der Waals surface area contributed by atoms with Crippen LogP contribution in [0.5, 0.6) is 0 Å². The van der Waals surface area contributed by atoms with Crippen LogP contribution in [0.3, 0.4) is 0 Å². The molecule has 5 heteroatoms. The number of rotatable bonds is 7. The number of alkyl halides is 1. The van der Waals surface area contributed by atoms with Gasteiger partial charge in [-0.1, -0.05) is 29.3 Å². The first kappa shape index (κ1) is 16.6. The van der Waals surface area contributed by atoms with Crippen molar-refractivity contribution < 1.29 is 9.18 Å². The van der Waals surface area contributed by atoms with Gasteiger partial charge in [-0.05, 0) is 52.9 Å². The van der Waals surface area contributed by atoms with Crippen LogP contribution in [0.1, 0.15) is 36.5 Å². The maximum atomic E-state index is 13.1. The molecule has 1 atom stereocenters. The van der Waals surface area contributed by atoms with Crippen molar-refractivity contribution in [3.05, 3.63) is 34.1 Å². The molecule has 0 aromatic heterocycles. The van der Waals surface area contributed by atoms with Crippen molar-refractivity contribution >= 4 is 37.8 Å². The zero-order chi connectivity index (χ0) is 14.3. The Hall–Kier alpha value is -0.420. The lowest BCUT2D eigenvalue weighted by molar-refractivity contribution is 0.0946. The van der Waals surface area contributed by atoms with Crippen LogP contribution in [-0.4, -0.2) is 17.8 Å². The van der Waals surface area contributed by atoms with Gasteiger partial charge in [-0.2, -0.15) is 0 Å². The number of benzene rings is 1. The van der Waals surface area contributed by atoms with Gasteiger partial charge in [-0.25, -0.2) is 4.39 Å². The fourth-order valence-electron chi connectivity index (χ4n) is 1.89. The highest BCUT2D eigenvalue weighted by atomic mass is 79.9. The molecule has 2 nitrogen and oxygen atoms in total. The van der Waals surface area contributed by atoms with Gasteiger partial charge in [-0.3, -0.25) is 4.79 Å². The minimum atomic E-state index is -0.361. The number of hydrogen-bond acceptors (Lipinski definition) is 1. The van der Waals surface area contributed by atoms with Gasteiger partial charge in [0.2, 0.25) is 0 Å². The second-order valence-corrected chi connectivity index (χ2v) is 6.12. The van der Waals surface area contributed by atoms with Crippen molar-refractivity contribution in [3.63, 3.8) is 0 Å². The van der Waals surface area contributed by atoms with Crippen molar-refractivity contribution in [1.82, 2.24) is 5.32 Å². The molecule has 106 valence electrons. The van der Waals surface area contributed by atoms with E-state index in [9.17, 15) is 9.18 Å². The van der Waals surface area contributed by atoms with Crippen LogP contribution in [0.25, 0.3) is 0 Å². The van der Waals surface area contributed by atoms with Crippen molar-refractivity contribution in [2.24, 2.45) is 5.92 Å². The van der Waals surface area contributed by atoms with Crippen LogP contribution < -0.4 is 5.32 Å². The molecular weight excluding hydrogens is 377 g/mol. The first-order valence-electron chi connectivity index (χ1n) is 6.37. The van der Waals surface area contributed by atoms with Crippen LogP contribution >= 0.6 is 31.9 Å². The summed E-state index contributed by atoms with van der Waals surface area (Å²) in [6.45, 7) is 2.80. The number of hydrogen-bond donors (Lipinski definition) is 1. The van der Waals surface area contributed by atoms with E-state index in [-0.39, 0.29) is 11.7 Å². The van der Waals surface area contributed by atoms with Gasteiger partial charge in [-0.15, -0.1) is 0 Å². The summed E-state index contributed by atoms with van der Waals surface area (Å²) in [7, 11) is 0. The summed E-state index contributed by atoms with van der Waals surface area (Å²) in [6.07, 6.45) is 3.25. The fourth-order valence-corrected chi connectivity index (χ4v) is 2.91. The number of amides is 1. The third-order valence-electron chi connectivity index (χ3n) is 2.95. The van der Waals surface area contributed by atoms with Crippen molar-refractivity contribution in [2.45, 2.75) is 26.2 Å². The predicted octanol–water partition coefficient (Wildman–Crippen LogP) is 4.52. The van der Waals surface area contributed by atoms with Gasteiger partial charge in [0.25, 0.3) is 5.91 Å². The molecule has 1 amide bonds. The SMILES string of the molecule is CCCC(CCBr)CNC(=O)c1ccc(F)c(Br)c1. The van der Waals surface area contributed by atoms with E-state index in [2.05, 4.69) is 44.1 Å². The molecule has 0 fully saturated rings. The highest BCUT2D eigenvalue weighted by Crippen LogP contribution is 2.17. The van der Waals surface area contributed by atoms with Gasteiger partial charge in [0, 0.05) is 17.4 Å². The quantitative estimate of drug-likeness (QED) is 0.676. The third-order valence-corrected chi connectivity index (χ3v) is 4.01. The first-order chi connectivity index (χ1) is 9.08. The lowest BCUT2D eigenvalue weighted by Gasteiger charge is -2.15. The molecule has 0 saturated heterocycles. The zero-order valence-electron chi connectivity index (χ0n) is 10.9. The number of carbonyl (C=O) groups excluding carboxylic acids is 1. The van der Waals surface area contributed by atoms with Gasteiger partial charge in [0.05, 0.1) is 4.47 Å². The van der Waals surface area contributed by atoms with E-state index in [4.69, 9.17) is 0 Å². The van der Waals surface area contributed by atoms with E-state index in [1.54, 1.807) is 0 Å². The average Bonchev–Trinajstić information content (AvgIpc) is 2.39. The highest BCUT2D eigenvalue weighted by Gasteiger charge is 2.11. The topological polar surface area (TPSA) is 29.1 Å². The summed E-state index contributed by atoms with van der Waals surface area (Å²) in [5, 5.41) is 3.85. The molecule has 1 aromatic rings. The molecule has 0 aliphatic heterocycles. The number of halogens is 3. The minimum Gasteiger partial charge on any atom is -0.352 e. The molecule has 1 aromatic carbocycles. The smallest absolute Gasteiger partial charge is 0.251 e. The Morgan fingerprint density at radius 2 is 2.16 bits per heavy atom. The molecule has 0 saturated carbocycles. The standard InChI is InChI=1S/C14H18Br2FNO/c1-2-3-10(6-7-15)9-18-14(19)11-4-5-13(17)12(16)8-11/h4-5,8,10H,2-3,6-7,9H2,1H3,(H,18,19). The molecule has 1 N–H and O–H groups in total. The summed E-state index contributed by atoms with van der Waals surface area (Å²) in [5.74, 6) is -0.0340. The summed E-state index contributed by atoms with van der Waals surface area (Å²) >= 11 is 6.51. The maximum Gasteiger partial charge on any atom is 0.251 e. The number of nitrogens with one attached hydrogen (secondary N) is 1. The van der Waals surface area contributed by atoms with E-state index in [1.807, 2.05) is 0 Å². The van der Waals surface area contributed by atoms with Crippen LogP contribution in [0.15, 0.2) is 22.7 Å². The Kier molecular flexibility index (Phi) is 7.61. The maximum absolute atomic E-state index is 13.1. The Balaban J connectivity index is 2.56. The fraction of sp³-hybridized carbons (Fsp3) is 0.500. The second kappa shape index (κ2) is 8.69. The van der Waals surface area contributed by atoms with Crippen LogP contribution in [0.4, 0.5) is 4.39 Å². The monoisotopic (exact) mass is 393 g/mol. The Bertz CT molecular complexity index is 420. The largest absolute Gasteiger partial charge is 0.352 e. The molecule has 0 aliphatic rings. The molecular formula is C14H18Br2FNO. The predicted molar refractivity (Wildman–Crippen MR) is 83.2 cm³/mol. The van der Waals surface area contributed by atoms with E-state index >= 15 is 0 Å². The van der Waals surface area contributed by atoms with Crippen LogP contribution in [0, 0.1) is 11.7 Å². The van der Waals surface area contributed by atoms with Gasteiger partial charge >= 0.3 is 0 Å². The molecule has 19 heavy (non-hydrogen) atoms. The molecule has 0 radical (unpaired) electrons. The molecule has 0 spiro atoms. The lowest BCUT2D eigenvalue weighted by Crippen LogP contribution is -2.29. The van der Waals surface area contributed by atoms with E-state index in [0.29, 0.717) is 22.5 Å². The van der Waals surface area contributed by atoms with Crippen LogP contribution in [0.2, 0.25) is 0 Å². The molecule has 0 heterocycles. The molecule has 1 rings (SSSR count). The molecule has 1 unspecified atom stereocenters. The minimum absolute atomic E-state index is 0.156. The van der Waals surface area contributed by atoms with Crippen molar-refractivity contribution in [1.29, 1.82) is 0 Å². The Labute approximate surface area is 130 Å². The van der Waals surface area contributed by atoms with Crippen LogP contribution in [-0.2, 0) is 0 Å². The normalized spacial score (nSPS) is 12.2. The van der Waals surface area contributed by atoms with Gasteiger partial charge < -0.3 is 5.32 Å². The summed E-state index contributed by atoms with van der Waals surface area (Å²) in [6, 6.07) is 4.29. The van der Waals surface area contributed by atoms with Crippen molar-refractivity contribution in [3.8, 4) is 0 Å². The highest BCUT2D eigenvalue weighted by molar-refractivity contribution is 9.10. The summed E-state index contributed by atoms with van der Waals surface area (Å²) < 4.78 is 13.4. The van der Waals surface area contributed by atoms with Crippen molar-refractivity contribution in [2.75, 3.05) is 11.9 Å². The summed E-state index contributed by atoms with van der Waals surface area (Å²) in [4.78, 5) is 12.0. The van der Waals surface area contributed by atoms with Gasteiger partial charge in [0.1, 0.15) is 5.82 Å². The van der Waals surface area contributed by atoms with Gasteiger partial charge in [0.15, 0.2) is 0 Å². The average molecular weight is 395 g/mol. The Morgan fingerprint density at radius 1 is 1.42 bits per heavy atom. The number of carbonyl (C=O) groups is 1. The third kappa shape index (κ3) is 5.61. The zero-order valence-corrected chi connectivity index (χ0v) is 14.1. The lowest BCUT2D eigenvalue weighted by atomic mass is 10.0. The summed E-state index contributed by atoms with van der Waals surface area (Å²) in [5.41, 5.74) is 0.474. The van der Waals surface area contributed by atoms with E-state index < -0.39 is 0 Å². The first-order valence-corrected chi connectivity index (χ1v) is 8.29. The molecule has 0 bridgehead atoms. The molecule has 0 aliphatic carbocycles. The van der Waals surface area contributed by atoms with E-state index in [1.165, 1.54) is 18.2 Å². The second-order valence-electron chi connectivity index (χ2n) is 4.47.